The van der Waals surface area contributed by atoms with E-state index in [1.807, 2.05) is 18.2 Å². The Morgan fingerprint density at radius 1 is 1.30 bits per heavy atom. The van der Waals surface area contributed by atoms with E-state index in [9.17, 15) is 0 Å². The van der Waals surface area contributed by atoms with Crippen LogP contribution in [0.2, 0.25) is 10.0 Å². The van der Waals surface area contributed by atoms with Gasteiger partial charge < -0.3 is 10.2 Å². The molecule has 2 atom stereocenters. The molecular formula is C18H14Cl2N2O. The topological polar surface area (TPSA) is 33.6 Å². The van der Waals surface area contributed by atoms with E-state index in [1.165, 1.54) is 0 Å². The van der Waals surface area contributed by atoms with Crippen molar-refractivity contribution in [3.05, 3.63) is 64.1 Å². The number of hydrogen-bond donors (Lipinski definition) is 1. The van der Waals surface area contributed by atoms with Gasteiger partial charge in [0.25, 0.3) is 0 Å². The molecule has 0 bridgehead atoms. The lowest BCUT2D eigenvalue weighted by atomic mass is 9.93. The summed E-state index contributed by atoms with van der Waals surface area (Å²) in [6, 6.07) is 16.8. The highest BCUT2D eigenvalue weighted by Gasteiger charge is 2.61. The normalized spacial score (nSPS) is 25.7. The lowest BCUT2D eigenvalue weighted by Gasteiger charge is -2.16. The summed E-state index contributed by atoms with van der Waals surface area (Å²) in [5.74, 6) is 1.15. The van der Waals surface area contributed by atoms with Gasteiger partial charge in [-0.2, -0.15) is 0 Å². The van der Waals surface area contributed by atoms with Crippen LogP contribution in [0.25, 0.3) is 0 Å². The first kappa shape index (κ1) is 14.8. The molecule has 1 N–H and O–H groups in total. The molecule has 1 saturated carbocycles. The molecule has 2 unspecified atom stereocenters. The molecule has 1 saturated heterocycles. The molecular weight excluding hydrogens is 331 g/mol. The number of nitrogens with zero attached hydrogens (tertiary/aromatic N) is 1. The van der Waals surface area contributed by atoms with Gasteiger partial charge in [0, 0.05) is 17.5 Å². The van der Waals surface area contributed by atoms with Gasteiger partial charge in [-0.05, 0) is 55.3 Å². The molecule has 23 heavy (non-hydrogen) atoms. The minimum Gasteiger partial charge on any atom is -0.347 e. The van der Waals surface area contributed by atoms with Crippen molar-refractivity contribution in [2.45, 2.75) is 6.42 Å². The number of rotatable bonds is 4. The fourth-order valence-corrected chi connectivity index (χ4v) is 3.57. The van der Waals surface area contributed by atoms with Gasteiger partial charge in [-0.15, -0.1) is 0 Å². The van der Waals surface area contributed by atoms with E-state index < -0.39 is 0 Å². The Balaban J connectivity index is 1.71. The SMILES string of the molecule is Clc1ccc(C(=NOc2c#cccc2)C23CNCC2C3)cc1Cl. The average Bonchev–Trinajstić information content (AvgIpc) is 3.12. The van der Waals surface area contributed by atoms with Gasteiger partial charge in [0.1, 0.15) is 0 Å². The summed E-state index contributed by atoms with van der Waals surface area (Å²) >= 11 is 12.2. The van der Waals surface area contributed by atoms with E-state index in [4.69, 9.17) is 28.0 Å². The summed E-state index contributed by atoms with van der Waals surface area (Å²) < 4.78 is 0. The Kier molecular flexibility index (Phi) is 3.69. The molecule has 4 rings (SSSR count). The first-order chi connectivity index (χ1) is 11.2. The second-order valence-electron chi connectivity index (χ2n) is 6.01. The molecule has 2 aliphatic rings. The molecule has 0 aromatic heterocycles. The van der Waals surface area contributed by atoms with Crippen LogP contribution in [0.15, 0.2) is 41.6 Å². The van der Waals surface area contributed by atoms with Crippen LogP contribution >= 0.6 is 23.2 Å². The Hall–Kier alpha value is -1.73. The maximum Gasteiger partial charge on any atom is 0.208 e. The highest BCUT2D eigenvalue weighted by Crippen LogP contribution is 2.57. The van der Waals surface area contributed by atoms with Crippen molar-refractivity contribution in [1.29, 1.82) is 0 Å². The van der Waals surface area contributed by atoms with Crippen molar-refractivity contribution in [3.63, 3.8) is 0 Å². The molecule has 0 spiro atoms. The second-order valence-corrected chi connectivity index (χ2v) is 6.82. The van der Waals surface area contributed by atoms with E-state index >= 15 is 0 Å². The van der Waals surface area contributed by atoms with Crippen molar-refractivity contribution < 1.29 is 4.84 Å². The van der Waals surface area contributed by atoms with E-state index in [0.29, 0.717) is 21.7 Å². The summed E-state index contributed by atoms with van der Waals surface area (Å²) in [6.07, 6.45) is 1.12. The van der Waals surface area contributed by atoms with Crippen molar-refractivity contribution >= 4 is 28.9 Å². The summed E-state index contributed by atoms with van der Waals surface area (Å²) in [6.45, 7) is 1.93. The van der Waals surface area contributed by atoms with Crippen LogP contribution in [0.5, 0.6) is 5.75 Å². The number of halogens is 2. The molecule has 2 aromatic rings. The largest absolute Gasteiger partial charge is 0.347 e. The van der Waals surface area contributed by atoms with Crippen molar-refractivity contribution in [1.82, 2.24) is 5.32 Å². The van der Waals surface area contributed by atoms with E-state index in [1.54, 1.807) is 18.2 Å². The van der Waals surface area contributed by atoms with Crippen LogP contribution in [0, 0.1) is 23.5 Å². The van der Waals surface area contributed by atoms with E-state index in [-0.39, 0.29) is 5.41 Å². The second kappa shape index (κ2) is 5.72. The Morgan fingerprint density at radius 3 is 2.87 bits per heavy atom. The third kappa shape index (κ3) is 2.68. The van der Waals surface area contributed by atoms with E-state index in [2.05, 4.69) is 22.6 Å². The monoisotopic (exact) mass is 344 g/mol. The van der Waals surface area contributed by atoms with Crippen LogP contribution in [0.1, 0.15) is 12.0 Å². The van der Waals surface area contributed by atoms with Crippen molar-refractivity contribution in [3.8, 4) is 5.75 Å². The highest BCUT2D eigenvalue weighted by molar-refractivity contribution is 6.42. The van der Waals surface area contributed by atoms with Gasteiger partial charge in [-0.1, -0.05) is 40.5 Å². The average molecular weight is 345 g/mol. The third-order valence-corrected chi connectivity index (χ3v) is 5.32. The van der Waals surface area contributed by atoms with Crippen LogP contribution < -0.4 is 10.2 Å². The number of piperidine rings is 1. The van der Waals surface area contributed by atoms with Gasteiger partial charge in [0.15, 0.2) is 0 Å². The fraction of sp³-hybridized carbons (Fsp3) is 0.278. The lowest BCUT2D eigenvalue weighted by Crippen LogP contribution is -2.25. The Morgan fingerprint density at radius 2 is 2.22 bits per heavy atom. The van der Waals surface area contributed by atoms with Crippen LogP contribution in [-0.4, -0.2) is 18.8 Å². The Labute approximate surface area is 145 Å². The standard InChI is InChI=1S/C18H14Cl2N2O/c19-15-7-6-12(8-16(15)20)17(18-9-13(18)10-21-11-18)22-23-14-4-2-1-3-5-14/h1-2,4,6-8,13,21H,9-11H2. The zero-order chi connectivity index (χ0) is 15.9. The summed E-state index contributed by atoms with van der Waals surface area (Å²) in [7, 11) is 0. The number of nitrogens with one attached hydrogen (secondary N) is 1. The first-order valence-electron chi connectivity index (χ1n) is 7.49. The van der Waals surface area contributed by atoms with Crippen LogP contribution in [0.3, 0.4) is 0 Å². The summed E-state index contributed by atoms with van der Waals surface area (Å²) in [4.78, 5) is 5.59. The van der Waals surface area contributed by atoms with Gasteiger partial charge in [0.2, 0.25) is 5.75 Å². The predicted molar refractivity (Wildman–Crippen MR) is 91.2 cm³/mol. The molecule has 1 aliphatic carbocycles. The quantitative estimate of drug-likeness (QED) is 0.672. The zero-order valence-electron chi connectivity index (χ0n) is 12.3. The number of hydrogen-bond acceptors (Lipinski definition) is 3. The zero-order valence-corrected chi connectivity index (χ0v) is 13.8. The first-order valence-corrected chi connectivity index (χ1v) is 8.25. The predicted octanol–water partition coefficient (Wildman–Crippen LogP) is 3.99. The van der Waals surface area contributed by atoms with Gasteiger partial charge >= 0.3 is 0 Å². The summed E-state index contributed by atoms with van der Waals surface area (Å²) in [5, 5.41) is 8.94. The molecule has 116 valence electrons. The molecule has 3 nitrogen and oxygen atoms in total. The van der Waals surface area contributed by atoms with E-state index in [0.717, 1.165) is 30.8 Å². The molecule has 2 fully saturated rings. The minimum atomic E-state index is 0.0374. The molecule has 2 aromatic carbocycles. The third-order valence-electron chi connectivity index (χ3n) is 4.59. The highest BCUT2D eigenvalue weighted by atomic mass is 35.5. The molecule has 0 radical (unpaired) electrons. The maximum atomic E-state index is 6.19. The lowest BCUT2D eigenvalue weighted by molar-refractivity contribution is 0.337. The minimum absolute atomic E-state index is 0.0374. The fourth-order valence-electron chi connectivity index (χ4n) is 3.27. The number of fused-ring (bicyclic) bond motifs is 1. The van der Waals surface area contributed by atoms with Crippen LogP contribution in [0.4, 0.5) is 0 Å². The molecule has 1 heterocycles. The number of oxime groups is 1. The molecule has 5 heteroatoms. The number of benzene rings is 1. The summed E-state index contributed by atoms with van der Waals surface area (Å²) in [5.41, 5.74) is 1.91. The van der Waals surface area contributed by atoms with Crippen molar-refractivity contribution in [2.75, 3.05) is 13.1 Å². The van der Waals surface area contributed by atoms with Gasteiger partial charge in [-0.3, -0.25) is 0 Å². The smallest absolute Gasteiger partial charge is 0.208 e. The van der Waals surface area contributed by atoms with Gasteiger partial charge in [-0.25, -0.2) is 0 Å². The maximum absolute atomic E-state index is 6.19. The Bertz CT molecular complexity index is 763. The van der Waals surface area contributed by atoms with Crippen LogP contribution in [-0.2, 0) is 0 Å². The molecule has 0 amide bonds. The van der Waals surface area contributed by atoms with Gasteiger partial charge in [0.05, 0.1) is 15.8 Å². The van der Waals surface area contributed by atoms with Crippen molar-refractivity contribution in [2.24, 2.45) is 16.5 Å². The molecule has 1 aliphatic heterocycles.